The SMILES string of the molecule is OCC1OC(N2C=CCc3c(NC45CC6CC7CC(C4)C765)ncnc32)C2C1OC21CCCCC1. The number of aliphatic hydroxyl groups is 1. The fourth-order valence-electron chi connectivity index (χ4n) is 10.6. The molecule has 5 aliphatic carbocycles. The zero-order valence-electron chi connectivity index (χ0n) is 19.7. The summed E-state index contributed by atoms with van der Waals surface area (Å²) in [4.78, 5) is 11.8. The number of aromatic nitrogens is 2. The van der Waals surface area contributed by atoms with Gasteiger partial charge in [0.15, 0.2) is 0 Å². The maximum Gasteiger partial charge on any atom is 0.144 e. The standard InChI is InChI=1S/C27H34N4O3/c32-13-19-21-20(25(34-21)6-2-1-3-7-25)24(33-19)31-8-4-5-18-22(28-14-29-23(18)31)30-26-11-16-9-15-10-17(12-26)27(15,16)26/h4,8,14-17,19-21,24,32H,1-3,5-7,9-13H2,(H,28,29,30). The van der Waals surface area contributed by atoms with E-state index >= 15 is 0 Å². The van der Waals surface area contributed by atoms with Crippen molar-refractivity contribution in [2.75, 3.05) is 16.8 Å². The molecule has 7 nitrogen and oxygen atoms in total. The second kappa shape index (κ2) is 6.16. The molecular weight excluding hydrogens is 428 g/mol. The van der Waals surface area contributed by atoms with Crippen LogP contribution in [0.1, 0.15) is 63.4 Å². The average molecular weight is 463 g/mol. The molecule has 5 saturated carbocycles. The molecule has 6 atom stereocenters. The van der Waals surface area contributed by atoms with Gasteiger partial charge in [-0.25, -0.2) is 9.97 Å². The third-order valence-corrected chi connectivity index (χ3v) is 11.8. The van der Waals surface area contributed by atoms with Crippen molar-refractivity contribution in [2.45, 2.75) is 93.8 Å². The van der Waals surface area contributed by atoms with Crippen molar-refractivity contribution in [3.8, 4) is 0 Å². The number of hydrogen-bond donors (Lipinski definition) is 2. The quantitative estimate of drug-likeness (QED) is 0.710. The van der Waals surface area contributed by atoms with Crippen LogP contribution >= 0.6 is 0 Å². The van der Waals surface area contributed by atoms with E-state index in [4.69, 9.17) is 19.4 Å². The van der Waals surface area contributed by atoms with E-state index < -0.39 is 0 Å². The van der Waals surface area contributed by atoms with E-state index in [9.17, 15) is 5.11 Å². The van der Waals surface area contributed by atoms with Gasteiger partial charge in [0, 0.05) is 22.7 Å². The van der Waals surface area contributed by atoms with Crippen LogP contribution in [0.3, 0.4) is 0 Å². The monoisotopic (exact) mass is 462 g/mol. The minimum atomic E-state index is -0.258. The van der Waals surface area contributed by atoms with Crippen LogP contribution < -0.4 is 10.2 Å². The maximum absolute atomic E-state index is 10.0. The molecule has 2 spiro atoms. The van der Waals surface area contributed by atoms with Gasteiger partial charge in [-0.1, -0.05) is 25.3 Å². The second-order valence-electron chi connectivity index (χ2n) is 12.6. The van der Waals surface area contributed by atoms with Gasteiger partial charge in [0.1, 0.15) is 30.3 Å². The lowest BCUT2D eigenvalue weighted by molar-refractivity contribution is -0.379. The third-order valence-electron chi connectivity index (χ3n) is 11.8. The van der Waals surface area contributed by atoms with Crippen molar-refractivity contribution in [1.82, 2.24) is 9.97 Å². The molecule has 7 fully saturated rings. The third kappa shape index (κ3) is 1.96. The molecule has 2 saturated heterocycles. The number of aliphatic hydroxyl groups excluding tert-OH is 1. The first kappa shape index (κ1) is 19.5. The Morgan fingerprint density at radius 1 is 1.09 bits per heavy atom. The molecule has 0 radical (unpaired) electrons. The van der Waals surface area contributed by atoms with Crippen LogP contribution in [-0.4, -0.2) is 51.3 Å². The molecule has 1 aromatic rings. The normalized spacial score (nSPS) is 49.8. The van der Waals surface area contributed by atoms with Gasteiger partial charge in [-0.05, 0) is 62.7 Å². The molecular formula is C27H34N4O3. The van der Waals surface area contributed by atoms with Crippen molar-refractivity contribution in [3.63, 3.8) is 0 Å². The Kier molecular flexibility index (Phi) is 3.53. The first-order valence-corrected chi connectivity index (χ1v) is 13.7. The van der Waals surface area contributed by atoms with E-state index in [-0.39, 0.29) is 36.6 Å². The van der Waals surface area contributed by atoms with Crippen LogP contribution in [0.15, 0.2) is 18.6 Å². The summed E-state index contributed by atoms with van der Waals surface area (Å²) in [7, 11) is 0. The number of hydrogen-bond acceptors (Lipinski definition) is 7. The number of ether oxygens (including phenoxy) is 2. The van der Waals surface area contributed by atoms with E-state index in [0.29, 0.717) is 11.0 Å². The second-order valence-corrected chi connectivity index (χ2v) is 12.6. The summed E-state index contributed by atoms with van der Waals surface area (Å²) in [5, 5.41) is 14.0. The Hall–Kier alpha value is -1.70. The van der Waals surface area contributed by atoms with Gasteiger partial charge in [-0.3, -0.25) is 0 Å². The molecule has 1 aromatic heterocycles. The van der Waals surface area contributed by atoms with Crippen LogP contribution in [-0.2, 0) is 15.9 Å². The summed E-state index contributed by atoms with van der Waals surface area (Å²) >= 11 is 0. The topological polar surface area (TPSA) is 79.7 Å². The van der Waals surface area contributed by atoms with Gasteiger partial charge in [0.25, 0.3) is 0 Å². The molecule has 0 amide bonds. The summed E-state index contributed by atoms with van der Waals surface area (Å²) in [6.07, 6.45) is 18.0. The van der Waals surface area contributed by atoms with Crippen molar-refractivity contribution in [2.24, 2.45) is 29.1 Å². The highest BCUT2D eigenvalue weighted by molar-refractivity contribution is 5.65. The highest BCUT2D eigenvalue weighted by Gasteiger charge is 2.88. The summed E-state index contributed by atoms with van der Waals surface area (Å²) < 4.78 is 13.0. The Labute approximate surface area is 200 Å². The summed E-state index contributed by atoms with van der Waals surface area (Å²) in [5.74, 6) is 5.19. The fraction of sp³-hybridized carbons (Fsp3) is 0.778. The molecule has 3 aliphatic heterocycles. The number of allylic oxidation sites excluding steroid dienone is 1. The number of nitrogens with one attached hydrogen (secondary N) is 1. The Balaban J connectivity index is 1.05. The highest BCUT2D eigenvalue weighted by Crippen LogP contribution is 2.89. The highest BCUT2D eigenvalue weighted by atomic mass is 16.6. The van der Waals surface area contributed by atoms with Gasteiger partial charge < -0.3 is 24.8 Å². The lowest BCUT2D eigenvalue weighted by atomic mass is 9.15. The zero-order valence-corrected chi connectivity index (χ0v) is 19.7. The van der Waals surface area contributed by atoms with Gasteiger partial charge in [0.05, 0.1) is 24.2 Å². The number of rotatable bonds is 4. The summed E-state index contributed by atoms with van der Waals surface area (Å²) in [6, 6.07) is 0. The number of fused-ring (bicyclic) bond motifs is 3. The van der Waals surface area contributed by atoms with Crippen molar-refractivity contribution in [1.29, 1.82) is 0 Å². The number of nitrogens with zero attached hydrogens (tertiary/aromatic N) is 3. The molecule has 6 unspecified atom stereocenters. The minimum absolute atomic E-state index is 0.00282. The fourth-order valence-corrected chi connectivity index (χ4v) is 10.6. The van der Waals surface area contributed by atoms with E-state index in [1.54, 1.807) is 6.33 Å². The van der Waals surface area contributed by atoms with Crippen molar-refractivity contribution < 1.29 is 14.6 Å². The van der Waals surface area contributed by atoms with Crippen molar-refractivity contribution in [3.05, 3.63) is 24.2 Å². The molecule has 9 rings (SSSR count). The molecule has 180 valence electrons. The molecule has 34 heavy (non-hydrogen) atoms. The predicted molar refractivity (Wildman–Crippen MR) is 125 cm³/mol. The Morgan fingerprint density at radius 2 is 1.91 bits per heavy atom. The maximum atomic E-state index is 10.0. The van der Waals surface area contributed by atoms with Crippen LogP contribution in [0.25, 0.3) is 0 Å². The van der Waals surface area contributed by atoms with Gasteiger partial charge >= 0.3 is 0 Å². The molecule has 0 aromatic carbocycles. The first-order chi connectivity index (χ1) is 16.7. The van der Waals surface area contributed by atoms with E-state index in [2.05, 4.69) is 22.5 Å². The molecule has 4 heterocycles. The smallest absolute Gasteiger partial charge is 0.144 e. The predicted octanol–water partition coefficient (Wildman–Crippen LogP) is 3.39. The van der Waals surface area contributed by atoms with Crippen LogP contribution in [0.2, 0.25) is 0 Å². The zero-order chi connectivity index (χ0) is 22.3. The van der Waals surface area contributed by atoms with E-state index in [0.717, 1.165) is 48.7 Å². The minimum Gasteiger partial charge on any atom is -0.394 e. The number of anilines is 2. The molecule has 2 N–H and O–H groups in total. The van der Waals surface area contributed by atoms with E-state index in [1.165, 1.54) is 50.5 Å². The van der Waals surface area contributed by atoms with Crippen molar-refractivity contribution >= 4 is 11.6 Å². The Bertz CT molecular complexity index is 1070. The summed E-state index contributed by atoms with van der Waals surface area (Å²) in [6.45, 7) is 0.00282. The molecule has 8 aliphatic rings. The average Bonchev–Trinajstić information content (AvgIpc) is 3.13. The van der Waals surface area contributed by atoms with Gasteiger partial charge in [-0.15, -0.1) is 0 Å². The lowest BCUT2D eigenvalue weighted by Gasteiger charge is -2.91. The largest absolute Gasteiger partial charge is 0.394 e. The molecule has 0 bridgehead atoms. The Morgan fingerprint density at radius 3 is 2.65 bits per heavy atom. The van der Waals surface area contributed by atoms with Crippen LogP contribution in [0, 0.1) is 29.1 Å². The van der Waals surface area contributed by atoms with Crippen LogP contribution in [0.4, 0.5) is 11.6 Å². The summed E-state index contributed by atoms with van der Waals surface area (Å²) in [5.41, 5.74) is 2.01. The first-order valence-electron chi connectivity index (χ1n) is 13.7. The van der Waals surface area contributed by atoms with Gasteiger partial charge in [0.2, 0.25) is 0 Å². The van der Waals surface area contributed by atoms with Gasteiger partial charge in [-0.2, -0.15) is 0 Å². The van der Waals surface area contributed by atoms with Crippen LogP contribution in [0.5, 0.6) is 0 Å². The molecule has 7 heteroatoms. The lowest BCUT2D eigenvalue weighted by Crippen LogP contribution is -2.91. The van der Waals surface area contributed by atoms with E-state index in [1.807, 2.05) is 0 Å².